The molecule has 1 rings (SSSR count). The molecular formula is C10H10BrF3N2O2. The normalized spacial score (nSPS) is 15.0. The maximum absolute atomic E-state index is 12.3. The van der Waals surface area contributed by atoms with Crippen molar-refractivity contribution in [3.63, 3.8) is 0 Å². The number of hydrogen-bond acceptors (Lipinski definition) is 4. The van der Waals surface area contributed by atoms with Crippen LogP contribution >= 0.6 is 15.9 Å². The molecule has 1 aromatic rings. The molecule has 0 fully saturated rings. The fourth-order valence-corrected chi connectivity index (χ4v) is 1.39. The molecule has 0 aliphatic carbocycles. The summed E-state index contributed by atoms with van der Waals surface area (Å²) in [4.78, 5) is 18.7. The molecule has 0 aromatic carbocycles. The van der Waals surface area contributed by atoms with Crippen molar-refractivity contribution in [2.75, 3.05) is 6.61 Å². The van der Waals surface area contributed by atoms with Crippen LogP contribution in [0.5, 0.6) is 0 Å². The van der Waals surface area contributed by atoms with Gasteiger partial charge in [-0.1, -0.05) is 15.9 Å². The standard InChI is InChI=1S/C10H10BrF3N2O2/c1-3-18-8(17)9(2,11)7-15-4-6(5-16-7)10(12,13)14/h4-5H,3H2,1-2H3. The van der Waals surface area contributed by atoms with E-state index in [0.717, 1.165) is 0 Å². The second-order valence-corrected chi connectivity index (χ2v) is 5.10. The van der Waals surface area contributed by atoms with Gasteiger partial charge in [0, 0.05) is 12.4 Å². The lowest BCUT2D eigenvalue weighted by molar-refractivity contribution is -0.145. The predicted molar refractivity (Wildman–Crippen MR) is 59.9 cm³/mol. The minimum atomic E-state index is -4.51. The van der Waals surface area contributed by atoms with Crippen LogP contribution < -0.4 is 0 Å². The van der Waals surface area contributed by atoms with E-state index < -0.39 is 22.0 Å². The van der Waals surface area contributed by atoms with Gasteiger partial charge >= 0.3 is 12.1 Å². The number of carbonyl (C=O) groups is 1. The van der Waals surface area contributed by atoms with E-state index in [-0.39, 0.29) is 12.4 Å². The maximum atomic E-state index is 12.3. The van der Waals surface area contributed by atoms with Crippen molar-refractivity contribution in [3.05, 3.63) is 23.8 Å². The largest absolute Gasteiger partial charge is 0.465 e. The third-order valence-electron chi connectivity index (χ3n) is 2.06. The number of ether oxygens (including phenoxy) is 1. The Kier molecular flexibility index (Phi) is 4.31. The summed E-state index contributed by atoms with van der Waals surface area (Å²) in [6.45, 7) is 3.18. The van der Waals surface area contributed by atoms with E-state index in [1.807, 2.05) is 0 Å². The van der Waals surface area contributed by atoms with E-state index in [2.05, 4.69) is 25.9 Å². The van der Waals surface area contributed by atoms with Gasteiger partial charge in [0.25, 0.3) is 0 Å². The molecule has 1 aromatic heterocycles. The fourth-order valence-electron chi connectivity index (χ4n) is 1.07. The van der Waals surface area contributed by atoms with Crippen LogP contribution in [0.4, 0.5) is 13.2 Å². The van der Waals surface area contributed by atoms with Crippen LogP contribution in [0.3, 0.4) is 0 Å². The molecule has 0 aliphatic heterocycles. The van der Waals surface area contributed by atoms with Crippen LogP contribution in [0.25, 0.3) is 0 Å². The Morgan fingerprint density at radius 3 is 2.28 bits per heavy atom. The monoisotopic (exact) mass is 326 g/mol. The first-order valence-electron chi connectivity index (χ1n) is 4.95. The van der Waals surface area contributed by atoms with Gasteiger partial charge < -0.3 is 4.74 Å². The van der Waals surface area contributed by atoms with Crippen molar-refractivity contribution in [1.29, 1.82) is 0 Å². The fraction of sp³-hybridized carbons (Fsp3) is 0.500. The summed E-state index contributed by atoms with van der Waals surface area (Å²) in [5.74, 6) is -0.751. The van der Waals surface area contributed by atoms with Crippen LogP contribution in [-0.4, -0.2) is 22.5 Å². The Balaban J connectivity index is 3.01. The van der Waals surface area contributed by atoms with Crippen LogP contribution in [0.2, 0.25) is 0 Å². The van der Waals surface area contributed by atoms with Gasteiger partial charge in [0.15, 0.2) is 10.1 Å². The molecule has 1 heterocycles. The van der Waals surface area contributed by atoms with Gasteiger partial charge in [-0.3, -0.25) is 4.79 Å². The van der Waals surface area contributed by atoms with Gasteiger partial charge in [0.05, 0.1) is 12.2 Å². The molecule has 1 unspecified atom stereocenters. The van der Waals surface area contributed by atoms with Gasteiger partial charge in [-0.2, -0.15) is 13.2 Å². The van der Waals surface area contributed by atoms with E-state index in [9.17, 15) is 18.0 Å². The molecule has 0 bridgehead atoms. The van der Waals surface area contributed by atoms with E-state index in [1.54, 1.807) is 6.92 Å². The maximum Gasteiger partial charge on any atom is 0.419 e. The SMILES string of the molecule is CCOC(=O)C(C)(Br)c1ncc(C(F)(F)F)cn1. The summed E-state index contributed by atoms with van der Waals surface area (Å²) in [6, 6.07) is 0. The minimum Gasteiger partial charge on any atom is -0.465 e. The summed E-state index contributed by atoms with van der Waals surface area (Å²) in [5.41, 5.74) is -0.974. The number of alkyl halides is 4. The van der Waals surface area contributed by atoms with Crippen LogP contribution in [0.15, 0.2) is 12.4 Å². The summed E-state index contributed by atoms with van der Waals surface area (Å²) < 4.78 is 40.3. The topological polar surface area (TPSA) is 52.1 Å². The first kappa shape index (κ1) is 14.9. The second-order valence-electron chi connectivity index (χ2n) is 3.52. The average Bonchev–Trinajstić information content (AvgIpc) is 2.28. The van der Waals surface area contributed by atoms with Gasteiger partial charge in [-0.15, -0.1) is 0 Å². The molecule has 100 valence electrons. The quantitative estimate of drug-likeness (QED) is 0.633. The van der Waals surface area contributed by atoms with E-state index in [4.69, 9.17) is 4.74 Å². The molecule has 18 heavy (non-hydrogen) atoms. The Hall–Kier alpha value is -1.18. The predicted octanol–water partition coefficient (Wildman–Crippen LogP) is 2.67. The summed E-state index contributed by atoms with van der Waals surface area (Å²) >= 11 is 3.05. The first-order valence-corrected chi connectivity index (χ1v) is 5.74. The number of rotatable bonds is 3. The van der Waals surface area contributed by atoms with Gasteiger partial charge in [0.2, 0.25) is 0 Å². The van der Waals surface area contributed by atoms with Crippen molar-refractivity contribution in [2.24, 2.45) is 0 Å². The lowest BCUT2D eigenvalue weighted by Crippen LogP contribution is -2.30. The molecule has 8 heteroatoms. The molecule has 0 aliphatic rings. The molecule has 4 nitrogen and oxygen atoms in total. The van der Waals surface area contributed by atoms with Gasteiger partial charge in [-0.25, -0.2) is 9.97 Å². The molecule has 0 amide bonds. The highest BCUT2D eigenvalue weighted by atomic mass is 79.9. The second kappa shape index (κ2) is 5.21. The van der Waals surface area contributed by atoms with E-state index >= 15 is 0 Å². The van der Waals surface area contributed by atoms with Gasteiger partial charge in [0.1, 0.15) is 0 Å². The number of hydrogen-bond donors (Lipinski definition) is 0. The smallest absolute Gasteiger partial charge is 0.419 e. The van der Waals surface area contributed by atoms with Crippen molar-refractivity contribution in [3.8, 4) is 0 Å². The highest BCUT2D eigenvalue weighted by molar-refractivity contribution is 9.10. The zero-order valence-electron chi connectivity index (χ0n) is 9.58. The molecule has 0 radical (unpaired) electrons. The van der Waals surface area contributed by atoms with Crippen molar-refractivity contribution in [1.82, 2.24) is 9.97 Å². The van der Waals surface area contributed by atoms with Crippen LogP contribution in [-0.2, 0) is 20.0 Å². The molecule has 0 saturated carbocycles. The molecular weight excluding hydrogens is 317 g/mol. The lowest BCUT2D eigenvalue weighted by atomic mass is 10.1. The first-order chi connectivity index (χ1) is 8.19. The lowest BCUT2D eigenvalue weighted by Gasteiger charge is -2.18. The summed E-state index contributed by atoms with van der Waals surface area (Å²) in [6.07, 6.45) is -3.26. The zero-order chi connectivity index (χ0) is 14.0. The van der Waals surface area contributed by atoms with Crippen molar-refractivity contribution >= 4 is 21.9 Å². The number of carbonyl (C=O) groups excluding carboxylic acids is 1. The number of esters is 1. The van der Waals surface area contributed by atoms with Crippen LogP contribution in [0.1, 0.15) is 25.2 Å². The van der Waals surface area contributed by atoms with E-state index in [0.29, 0.717) is 12.4 Å². The number of halogens is 4. The number of nitrogens with zero attached hydrogens (tertiary/aromatic N) is 2. The van der Waals surface area contributed by atoms with E-state index in [1.165, 1.54) is 6.92 Å². The third kappa shape index (κ3) is 3.18. The van der Waals surface area contributed by atoms with Crippen LogP contribution in [0, 0.1) is 0 Å². The van der Waals surface area contributed by atoms with Crippen molar-refractivity contribution < 1.29 is 22.7 Å². The highest BCUT2D eigenvalue weighted by Gasteiger charge is 2.38. The summed E-state index contributed by atoms with van der Waals surface area (Å²) in [5, 5.41) is 0. The Labute approximate surface area is 110 Å². The molecule has 0 spiro atoms. The zero-order valence-corrected chi connectivity index (χ0v) is 11.2. The molecule has 0 saturated heterocycles. The minimum absolute atomic E-state index is 0.0889. The van der Waals surface area contributed by atoms with Gasteiger partial charge in [-0.05, 0) is 13.8 Å². The Morgan fingerprint density at radius 2 is 1.89 bits per heavy atom. The molecule has 1 atom stereocenters. The average molecular weight is 327 g/mol. The summed E-state index contributed by atoms with van der Waals surface area (Å²) in [7, 11) is 0. The number of aromatic nitrogens is 2. The molecule has 0 N–H and O–H groups in total. The Morgan fingerprint density at radius 1 is 1.39 bits per heavy atom. The third-order valence-corrected chi connectivity index (χ3v) is 2.74. The Bertz CT molecular complexity index is 432. The highest BCUT2D eigenvalue weighted by Crippen LogP contribution is 2.32. The van der Waals surface area contributed by atoms with Crippen molar-refractivity contribution in [2.45, 2.75) is 24.3 Å².